The smallest absolute Gasteiger partial charge is 0.253 e. The van der Waals surface area contributed by atoms with E-state index in [-0.39, 0.29) is 12.8 Å². The molecule has 0 saturated heterocycles. The largest absolute Gasteiger partial charge is 0.380 e. The lowest BCUT2D eigenvalue weighted by molar-refractivity contribution is 0.405. The number of aromatic nitrogens is 3. The van der Waals surface area contributed by atoms with E-state index >= 15 is 0 Å². The van der Waals surface area contributed by atoms with Crippen LogP contribution in [0.25, 0.3) is 0 Å². The van der Waals surface area contributed by atoms with E-state index in [1.807, 2.05) is 10.6 Å². The van der Waals surface area contributed by atoms with Gasteiger partial charge in [-0.25, -0.2) is 0 Å². The van der Waals surface area contributed by atoms with Gasteiger partial charge in [-0.2, -0.15) is 67.6 Å². The molecule has 6 nitrogen and oxygen atoms in total. The average Bonchev–Trinajstić information content (AvgIpc) is 2.88. The molecular formula is C21H14F12N6. The van der Waals surface area contributed by atoms with Gasteiger partial charge in [0.2, 0.25) is 34.9 Å². The molecule has 0 aromatic carbocycles. The fourth-order valence-corrected chi connectivity index (χ4v) is 3.34. The van der Waals surface area contributed by atoms with Gasteiger partial charge in [-0.05, 0) is 12.8 Å². The Balaban J connectivity index is 1.74. The maximum atomic E-state index is 14.3. The van der Waals surface area contributed by atoms with Crippen LogP contribution in [0.2, 0.25) is 0 Å². The maximum absolute atomic E-state index is 14.3. The number of nitrogens with one attached hydrogen (secondary N) is 2. The van der Waals surface area contributed by atoms with Crippen molar-refractivity contribution < 1.29 is 52.7 Å². The van der Waals surface area contributed by atoms with E-state index in [2.05, 4.69) is 15.0 Å². The zero-order chi connectivity index (χ0) is 29.0. The zero-order valence-electron chi connectivity index (χ0n) is 19.1. The molecule has 0 aliphatic carbocycles. The Kier molecular flexibility index (Phi) is 9.28. The van der Waals surface area contributed by atoms with Crippen LogP contribution in [0.1, 0.15) is 12.8 Å². The van der Waals surface area contributed by atoms with Crippen LogP contribution in [-0.4, -0.2) is 41.1 Å². The van der Waals surface area contributed by atoms with Gasteiger partial charge in [0.15, 0.2) is 0 Å². The van der Waals surface area contributed by atoms with Crippen molar-refractivity contribution in [2.75, 3.05) is 41.7 Å². The second-order valence-corrected chi connectivity index (χ2v) is 7.61. The van der Waals surface area contributed by atoms with Crippen molar-refractivity contribution in [2.24, 2.45) is 0 Å². The SMILES string of the molecule is Fc1nc(F)c(F)c(NCCCN(CCCNc2c(F)c(F)nc(F)c2F)c2c(F)c(F)nc(F)c2F)c1F. The van der Waals surface area contributed by atoms with E-state index in [0.717, 1.165) is 0 Å². The molecule has 0 radical (unpaired) electrons. The summed E-state index contributed by atoms with van der Waals surface area (Å²) in [6.07, 6.45) is -0.654. The molecule has 18 heteroatoms. The van der Waals surface area contributed by atoms with E-state index in [1.165, 1.54) is 0 Å². The number of pyridine rings is 3. The molecule has 0 bridgehead atoms. The van der Waals surface area contributed by atoms with Gasteiger partial charge >= 0.3 is 0 Å². The molecule has 0 saturated carbocycles. The van der Waals surface area contributed by atoms with Crippen LogP contribution in [-0.2, 0) is 0 Å². The molecule has 3 heterocycles. The average molecular weight is 578 g/mol. The van der Waals surface area contributed by atoms with Gasteiger partial charge in [0.25, 0.3) is 35.7 Å². The highest BCUT2D eigenvalue weighted by Gasteiger charge is 2.26. The molecule has 3 aromatic heterocycles. The fraction of sp³-hybridized carbons (Fsp3) is 0.286. The van der Waals surface area contributed by atoms with Crippen molar-refractivity contribution in [3.8, 4) is 0 Å². The van der Waals surface area contributed by atoms with Crippen molar-refractivity contribution in [1.29, 1.82) is 0 Å². The van der Waals surface area contributed by atoms with Crippen molar-refractivity contribution in [3.05, 3.63) is 70.6 Å². The molecular weight excluding hydrogens is 564 g/mol. The highest BCUT2D eigenvalue weighted by atomic mass is 19.2. The monoisotopic (exact) mass is 578 g/mol. The third kappa shape index (κ3) is 6.36. The van der Waals surface area contributed by atoms with E-state index in [9.17, 15) is 52.7 Å². The Morgan fingerprint density at radius 1 is 0.436 bits per heavy atom. The molecule has 0 amide bonds. The van der Waals surface area contributed by atoms with Crippen molar-refractivity contribution in [1.82, 2.24) is 15.0 Å². The predicted octanol–water partition coefficient (Wildman–Crippen LogP) is 5.35. The minimum atomic E-state index is -2.02. The minimum Gasteiger partial charge on any atom is -0.380 e. The second-order valence-electron chi connectivity index (χ2n) is 7.61. The van der Waals surface area contributed by atoms with Gasteiger partial charge in [0.05, 0.1) is 0 Å². The quantitative estimate of drug-likeness (QED) is 0.182. The first-order chi connectivity index (χ1) is 18.3. The first-order valence-corrected chi connectivity index (χ1v) is 10.7. The number of halogens is 12. The van der Waals surface area contributed by atoms with Gasteiger partial charge in [-0.3, -0.25) is 0 Å². The minimum absolute atomic E-state index is 0.327. The standard InChI is InChI=1S/C21H14F12N6/c22-7-13(8(23)17(29)36-16(7)28)34-3-1-5-39(15-11(26)20(32)38-21(33)12(15)27)6-2-4-35-14-9(24)18(30)37-19(31)10(14)25/h1-6H2,(H,34,36)(H,35,37). The summed E-state index contributed by atoms with van der Waals surface area (Å²) in [6.45, 7) is -2.05. The summed E-state index contributed by atoms with van der Waals surface area (Å²) in [7, 11) is 0. The molecule has 0 aliphatic heterocycles. The number of anilines is 3. The van der Waals surface area contributed by atoms with Gasteiger partial charge in [-0.15, -0.1) is 0 Å². The van der Waals surface area contributed by atoms with Gasteiger partial charge in [0.1, 0.15) is 17.1 Å². The number of nitrogens with zero attached hydrogens (tertiary/aromatic N) is 4. The fourth-order valence-electron chi connectivity index (χ4n) is 3.34. The van der Waals surface area contributed by atoms with Crippen molar-refractivity contribution >= 4 is 17.1 Å². The van der Waals surface area contributed by atoms with Crippen LogP contribution in [0, 0.1) is 70.6 Å². The first-order valence-electron chi connectivity index (χ1n) is 10.7. The summed E-state index contributed by atoms with van der Waals surface area (Å²) < 4.78 is 164. The summed E-state index contributed by atoms with van der Waals surface area (Å²) in [4.78, 5) is 7.81. The molecule has 0 atom stereocenters. The maximum Gasteiger partial charge on any atom is 0.253 e. The lowest BCUT2D eigenvalue weighted by atomic mass is 10.2. The zero-order valence-corrected chi connectivity index (χ0v) is 19.1. The number of hydrogen-bond acceptors (Lipinski definition) is 6. The topological polar surface area (TPSA) is 66.0 Å². The van der Waals surface area contributed by atoms with Gasteiger partial charge in [0, 0.05) is 26.2 Å². The number of rotatable bonds is 11. The summed E-state index contributed by atoms with van der Waals surface area (Å²) in [5.41, 5.74) is -3.75. The number of hydrogen-bond donors (Lipinski definition) is 2. The van der Waals surface area contributed by atoms with Crippen LogP contribution in [0.15, 0.2) is 0 Å². The lowest BCUT2D eigenvalue weighted by Gasteiger charge is -2.26. The summed E-state index contributed by atoms with van der Waals surface area (Å²) >= 11 is 0. The Labute approximate surface area is 210 Å². The Morgan fingerprint density at radius 2 is 0.718 bits per heavy atom. The van der Waals surface area contributed by atoms with E-state index in [1.54, 1.807) is 0 Å². The molecule has 0 aliphatic rings. The summed E-state index contributed by atoms with van der Waals surface area (Å²) in [6, 6.07) is 0. The van der Waals surface area contributed by atoms with Gasteiger partial charge < -0.3 is 15.5 Å². The van der Waals surface area contributed by atoms with Crippen molar-refractivity contribution in [2.45, 2.75) is 12.8 Å². The highest BCUT2D eigenvalue weighted by Crippen LogP contribution is 2.28. The highest BCUT2D eigenvalue weighted by molar-refractivity contribution is 5.49. The van der Waals surface area contributed by atoms with Crippen LogP contribution < -0.4 is 15.5 Å². The molecule has 39 heavy (non-hydrogen) atoms. The van der Waals surface area contributed by atoms with Gasteiger partial charge in [-0.1, -0.05) is 0 Å². The van der Waals surface area contributed by atoms with E-state index < -0.39 is 114 Å². The van der Waals surface area contributed by atoms with E-state index in [4.69, 9.17) is 0 Å². The summed E-state index contributed by atoms with van der Waals surface area (Å²) in [5, 5.41) is 4.03. The third-order valence-electron chi connectivity index (χ3n) is 5.10. The molecule has 0 spiro atoms. The first kappa shape index (κ1) is 29.6. The normalized spacial score (nSPS) is 11.2. The molecule has 3 aromatic rings. The Hall–Kier alpha value is -3.99. The molecule has 2 N–H and O–H groups in total. The van der Waals surface area contributed by atoms with Crippen LogP contribution in [0.4, 0.5) is 69.7 Å². The Bertz CT molecular complexity index is 1220. The molecule has 0 unspecified atom stereocenters. The Morgan fingerprint density at radius 3 is 1.03 bits per heavy atom. The van der Waals surface area contributed by atoms with Crippen LogP contribution >= 0.6 is 0 Å². The molecule has 0 fully saturated rings. The lowest BCUT2D eigenvalue weighted by Crippen LogP contribution is -2.31. The van der Waals surface area contributed by atoms with Crippen LogP contribution in [0.3, 0.4) is 0 Å². The second kappa shape index (κ2) is 12.2. The summed E-state index contributed by atoms with van der Waals surface area (Å²) in [5.74, 6) is -23.2. The van der Waals surface area contributed by atoms with Crippen LogP contribution in [0.5, 0.6) is 0 Å². The molecule has 212 valence electrons. The molecule has 3 rings (SSSR count). The van der Waals surface area contributed by atoms with E-state index in [0.29, 0.717) is 4.90 Å². The van der Waals surface area contributed by atoms with Crippen molar-refractivity contribution in [3.63, 3.8) is 0 Å². The third-order valence-corrected chi connectivity index (χ3v) is 5.10. The predicted molar refractivity (Wildman–Crippen MR) is 111 cm³/mol.